The first-order chi connectivity index (χ1) is 26.1. The standard InChI is InChI=1S/C44H54N4O6/c1-9-24-22-47-15-13-42-30-17-28(36(52-6)21-32(30)45(3)39(42)34(47)18-27(24)37(42)40(49)53-7)29-19-33-31(20-35(29)51-5)43-14-16-48-23-25(10-2)26(38(43)41(50)54-8)11-12-44(43,48)46(33)4/h9-10,17,19-21,26-27,34,37-39H,11-16,18,22-23H2,1-8H3/b24-9-,25-10+/t26-,27-,34?,37+,38-,39-,42-,43-,44-/m0/s1. The Bertz CT molecular complexity index is 2060. The van der Waals surface area contributed by atoms with Crippen molar-refractivity contribution in [3.05, 3.63) is 58.7 Å². The number of likely N-dealkylation sites (N-methyl/N-ethyl adjacent to an activating group) is 2. The molecule has 1 spiro atoms. The van der Waals surface area contributed by atoms with Crippen molar-refractivity contribution < 1.29 is 28.5 Å². The number of carbonyl (C=O) groups is 2. The van der Waals surface area contributed by atoms with Gasteiger partial charge in [0.25, 0.3) is 0 Å². The van der Waals surface area contributed by atoms with Gasteiger partial charge in [0.15, 0.2) is 0 Å². The summed E-state index contributed by atoms with van der Waals surface area (Å²) < 4.78 is 24.0. The number of fused-ring (bicyclic) bond motifs is 5. The number of methoxy groups -OCH3 is 4. The summed E-state index contributed by atoms with van der Waals surface area (Å²) in [7, 11) is 11.0. The van der Waals surface area contributed by atoms with Crippen LogP contribution in [0.3, 0.4) is 0 Å². The third-order valence-electron chi connectivity index (χ3n) is 16.4. The van der Waals surface area contributed by atoms with Crippen LogP contribution in [-0.2, 0) is 29.9 Å². The summed E-state index contributed by atoms with van der Waals surface area (Å²) in [5.74, 6) is 1.03. The Hall–Kier alpha value is -4.02. The van der Waals surface area contributed by atoms with E-state index in [2.05, 4.69) is 84.0 Å². The van der Waals surface area contributed by atoms with Crippen LogP contribution in [-0.4, -0.2) is 108 Å². The minimum Gasteiger partial charge on any atom is -0.496 e. The van der Waals surface area contributed by atoms with E-state index in [4.69, 9.17) is 18.9 Å². The van der Waals surface area contributed by atoms with Crippen molar-refractivity contribution in [1.29, 1.82) is 0 Å². The Morgan fingerprint density at radius 1 is 0.759 bits per heavy atom. The Balaban J connectivity index is 1.19. The molecule has 10 heteroatoms. The van der Waals surface area contributed by atoms with Crippen LogP contribution in [0.15, 0.2) is 47.6 Å². The lowest BCUT2D eigenvalue weighted by atomic mass is 9.50. The average Bonchev–Trinajstić information content (AvgIpc) is 3.66. The van der Waals surface area contributed by atoms with Crippen LogP contribution in [0.4, 0.5) is 11.4 Å². The van der Waals surface area contributed by atoms with E-state index >= 15 is 0 Å². The second-order valence-electron chi connectivity index (χ2n) is 17.3. The molecule has 2 aromatic carbocycles. The Morgan fingerprint density at radius 2 is 1.44 bits per heavy atom. The summed E-state index contributed by atoms with van der Waals surface area (Å²) in [6.07, 6.45) is 9.15. The van der Waals surface area contributed by atoms with Crippen molar-refractivity contribution in [2.75, 3.05) is 78.5 Å². The molecule has 9 aliphatic rings. The predicted octanol–water partition coefficient (Wildman–Crippen LogP) is 5.52. The second-order valence-corrected chi connectivity index (χ2v) is 17.3. The summed E-state index contributed by atoms with van der Waals surface area (Å²) >= 11 is 0. The molecule has 2 saturated carbocycles. The Kier molecular flexibility index (Phi) is 7.35. The summed E-state index contributed by atoms with van der Waals surface area (Å²) in [5.41, 5.74) is 8.08. The molecule has 7 bridgehead atoms. The minimum absolute atomic E-state index is 0.105. The minimum atomic E-state index is -0.438. The van der Waals surface area contributed by atoms with Crippen LogP contribution in [0.1, 0.15) is 57.1 Å². The normalized spacial score (nSPS) is 39.3. The summed E-state index contributed by atoms with van der Waals surface area (Å²) in [5, 5.41) is 0. The maximum atomic E-state index is 14.1. The summed E-state index contributed by atoms with van der Waals surface area (Å²) in [6.45, 7) is 7.89. The number of carbonyl (C=O) groups excluding carboxylic acids is 2. The van der Waals surface area contributed by atoms with E-state index in [0.29, 0.717) is 6.04 Å². The number of anilines is 2. The van der Waals surface area contributed by atoms with E-state index in [1.165, 1.54) is 22.3 Å². The maximum Gasteiger partial charge on any atom is 0.310 e. The molecule has 10 nitrogen and oxygen atoms in total. The van der Waals surface area contributed by atoms with E-state index in [9.17, 15) is 9.59 Å². The molecule has 0 radical (unpaired) electrons. The number of hydrogen-bond acceptors (Lipinski definition) is 10. The van der Waals surface area contributed by atoms with E-state index < -0.39 is 10.8 Å². The van der Waals surface area contributed by atoms with Crippen molar-refractivity contribution in [2.45, 2.75) is 74.5 Å². The molecular formula is C44H54N4O6. The smallest absolute Gasteiger partial charge is 0.310 e. The fourth-order valence-corrected chi connectivity index (χ4v) is 14.5. The molecule has 2 unspecified atom stereocenters. The van der Waals surface area contributed by atoms with Gasteiger partial charge >= 0.3 is 11.9 Å². The van der Waals surface area contributed by atoms with Crippen LogP contribution >= 0.6 is 0 Å². The largest absolute Gasteiger partial charge is 0.496 e. The van der Waals surface area contributed by atoms with Gasteiger partial charge in [-0.05, 0) is 93.7 Å². The number of piperidine rings is 2. The van der Waals surface area contributed by atoms with Gasteiger partial charge in [-0.2, -0.15) is 0 Å². The van der Waals surface area contributed by atoms with Crippen molar-refractivity contribution in [3.8, 4) is 22.6 Å². The molecule has 7 heterocycles. The van der Waals surface area contributed by atoms with Gasteiger partial charge in [0, 0.05) is 79.2 Å². The van der Waals surface area contributed by atoms with Crippen LogP contribution in [0.25, 0.3) is 11.1 Å². The average molecular weight is 735 g/mol. The van der Waals surface area contributed by atoms with E-state index in [1.54, 1.807) is 28.4 Å². The quantitative estimate of drug-likeness (QED) is 0.290. The van der Waals surface area contributed by atoms with Gasteiger partial charge in [-0.15, -0.1) is 0 Å². The zero-order valence-electron chi connectivity index (χ0n) is 33.0. The fraction of sp³-hybridized carbons (Fsp3) is 0.591. The van der Waals surface area contributed by atoms with Gasteiger partial charge in [-0.1, -0.05) is 23.3 Å². The Morgan fingerprint density at radius 3 is 2.15 bits per heavy atom. The number of esters is 2. The van der Waals surface area contributed by atoms with Crippen molar-refractivity contribution in [2.24, 2.45) is 23.7 Å². The van der Waals surface area contributed by atoms with Crippen LogP contribution in [0, 0.1) is 23.7 Å². The molecule has 7 fully saturated rings. The van der Waals surface area contributed by atoms with Gasteiger partial charge in [0.05, 0.1) is 46.3 Å². The first kappa shape index (κ1) is 34.5. The number of benzene rings is 2. The molecule has 11 rings (SSSR count). The third kappa shape index (κ3) is 3.71. The van der Waals surface area contributed by atoms with Crippen LogP contribution in [0.5, 0.6) is 11.5 Å². The second kappa shape index (κ2) is 11.5. The highest BCUT2D eigenvalue weighted by atomic mass is 16.5. The maximum absolute atomic E-state index is 14.1. The zero-order valence-corrected chi connectivity index (χ0v) is 33.0. The van der Waals surface area contributed by atoms with Gasteiger partial charge in [-0.25, -0.2) is 0 Å². The number of nitrogens with zero attached hydrogens (tertiary/aromatic N) is 4. The first-order valence-electron chi connectivity index (χ1n) is 20.0. The van der Waals surface area contributed by atoms with Gasteiger partial charge in [0.1, 0.15) is 17.2 Å². The first-order valence-corrected chi connectivity index (χ1v) is 20.0. The highest BCUT2D eigenvalue weighted by Crippen LogP contribution is 2.71. The number of ether oxygens (including phenoxy) is 4. The number of rotatable bonds is 5. The van der Waals surface area contributed by atoms with Gasteiger partial charge in [-0.3, -0.25) is 19.4 Å². The molecule has 54 heavy (non-hydrogen) atoms. The molecular weight excluding hydrogens is 681 g/mol. The van der Waals surface area contributed by atoms with Crippen molar-refractivity contribution in [3.63, 3.8) is 0 Å². The number of hydrogen-bond donors (Lipinski definition) is 0. The molecule has 0 N–H and O–H groups in total. The SMILES string of the molecule is C/C=C1\CN2CC[C@@]34c5cc(OC)c(-c6cc7c(cc6OC)N(C)[C@H]6C8C[C@H]9/C(=C\C)CN8CC[C@@]76[C@H]9C(=O)OC)cc5N(C)[C@@]23CC[C@@H]1[C@H]4C(=O)OC. The topological polar surface area (TPSA) is 84.0 Å². The molecule has 286 valence electrons. The van der Waals surface area contributed by atoms with E-state index in [0.717, 1.165) is 92.3 Å². The molecule has 10 atom stereocenters. The lowest BCUT2D eigenvalue weighted by Crippen LogP contribution is -2.72. The molecule has 5 saturated heterocycles. The number of allylic oxidation sites excluding steroid dienone is 2. The van der Waals surface area contributed by atoms with E-state index in [1.807, 2.05) is 0 Å². The molecule has 0 aromatic heterocycles. The van der Waals surface area contributed by atoms with Crippen molar-refractivity contribution in [1.82, 2.24) is 9.80 Å². The molecule has 2 aromatic rings. The Labute approximate surface area is 319 Å². The molecule has 2 aliphatic carbocycles. The highest BCUT2D eigenvalue weighted by Gasteiger charge is 2.76. The van der Waals surface area contributed by atoms with Gasteiger partial charge in [0.2, 0.25) is 0 Å². The fourth-order valence-electron chi connectivity index (χ4n) is 14.5. The summed E-state index contributed by atoms with van der Waals surface area (Å²) in [6, 6.07) is 9.57. The van der Waals surface area contributed by atoms with Crippen LogP contribution in [0.2, 0.25) is 0 Å². The highest BCUT2D eigenvalue weighted by molar-refractivity contribution is 5.89. The predicted molar refractivity (Wildman–Crippen MR) is 207 cm³/mol. The zero-order chi connectivity index (χ0) is 37.6. The monoisotopic (exact) mass is 734 g/mol. The van der Waals surface area contributed by atoms with E-state index in [-0.39, 0.29) is 47.3 Å². The molecule has 0 amide bonds. The lowest BCUT2D eigenvalue weighted by molar-refractivity contribution is -0.158. The molecule has 7 aliphatic heterocycles. The third-order valence-corrected chi connectivity index (χ3v) is 16.4. The lowest BCUT2D eigenvalue weighted by Gasteiger charge is -2.63. The van der Waals surface area contributed by atoms with Gasteiger partial charge < -0.3 is 28.7 Å². The van der Waals surface area contributed by atoms with Crippen molar-refractivity contribution >= 4 is 23.3 Å². The van der Waals surface area contributed by atoms with Crippen LogP contribution < -0.4 is 19.3 Å². The summed E-state index contributed by atoms with van der Waals surface area (Å²) in [4.78, 5) is 38.5.